The first kappa shape index (κ1) is 15.7. The van der Waals surface area contributed by atoms with E-state index < -0.39 is 0 Å². The van der Waals surface area contributed by atoms with Crippen molar-refractivity contribution in [2.24, 2.45) is 11.7 Å². The molecule has 1 saturated heterocycles. The molecule has 23 heavy (non-hydrogen) atoms. The lowest BCUT2D eigenvalue weighted by molar-refractivity contribution is -0.131. The molecule has 122 valence electrons. The summed E-state index contributed by atoms with van der Waals surface area (Å²) in [6.07, 6.45) is 0. The fraction of sp³-hybridized carbons (Fsp3) is 0.444. The van der Waals surface area contributed by atoms with Gasteiger partial charge in [0.1, 0.15) is 6.54 Å². The number of aromatic nitrogens is 2. The third kappa shape index (κ3) is 3.29. The maximum Gasteiger partial charge on any atom is 0.244 e. The van der Waals surface area contributed by atoms with Crippen molar-refractivity contribution >= 4 is 5.91 Å². The normalized spacial score (nSPS) is 20.9. The minimum absolute atomic E-state index is 0.119. The molecule has 3 rings (SSSR count). The van der Waals surface area contributed by atoms with Gasteiger partial charge in [0.25, 0.3) is 0 Å². The molecule has 2 aromatic rings. The molecule has 1 aromatic heterocycles. The number of likely N-dealkylation sites (tertiary alicyclic amines) is 1. The number of hydrogen-bond acceptors (Lipinski definition) is 3. The molecule has 2 heterocycles. The summed E-state index contributed by atoms with van der Waals surface area (Å²) in [5.74, 6) is 0.764. The van der Waals surface area contributed by atoms with Crippen LogP contribution in [0.3, 0.4) is 0 Å². The van der Waals surface area contributed by atoms with Crippen LogP contribution in [-0.2, 0) is 11.3 Å². The van der Waals surface area contributed by atoms with E-state index in [1.165, 1.54) is 5.56 Å². The molecule has 0 saturated carbocycles. The number of nitrogens with zero attached hydrogens (tertiary/aromatic N) is 3. The zero-order valence-corrected chi connectivity index (χ0v) is 13.8. The Balaban J connectivity index is 1.72. The molecule has 0 unspecified atom stereocenters. The summed E-state index contributed by atoms with van der Waals surface area (Å²) in [4.78, 5) is 14.6. The second-order valence-corrected chi connectivity index (χ2v) is 6.40. The van der Waals surface area contributed by atoms with Crippen LogP contribution >= 0.6 is 0 Å². The van der Waals surface area contributed by atoms with Crippen LogP contribution in [0.1, 0.15) is 22.9 Å². The summed E-state index contributed by atoms with van der Waals surface area (Å²) in [5.41, 5.74) is 9.18. The summed E-state index contributed by atoms with van der Waals surface area (Å²) in [6, 6.07) is 12.4. The number of hydrogen-bond donors (Lipinski definition) is 1. The van der Waals surface area contributed by atoms with E-state index >= 15 is 0 Å². The third-order valence-corrected chi connectivity index (χ3v) is 4.71. The largest absolute Gasteiger partial charge is 0.340 e. The van der Waals surface area contributed by atoms with Gasteiger partial charge in [-0.05, 0) is 37.9 Å². The first-order chi connectivity index (χ1) is 11.1. The topological polar surface area (TPSA) is 64.2 Å². The van der Waals surface area contributed by atoms with E-state index in [9.17, 15) is 4.79 Å². The Bertz CT molecular complexity index is 680. The second-order valence-electron chi connectivity index (χ2n) is 6.40. The number of amides is 1. The summed E-state index contributed by atoms with van der Waals surface area (Å²) in [6.45, 7) is 6.30. The van der Waals surface area contributed by atoms with Gasteiger partial charge in [0.15, 0.2) is 0 Å². The van der Waals surface area contributed by atoms with Gasteiger partial charge in [-0.2, -0.15) is 5.10 Å². The quantitative estimate of drug-likeness (QED) is 0.934. The highest BCUT2D eigenvalue weighted by Gasteiger charge is 2.35. The predicted molar refractivity (Wildman–Crippen MR) is 90.0 cm³/mol. The van der Waals surface area contributed by atoms with Crippen molar-refractivity contribution in [2.75, 3.05) is 19.6 Å². The van der Waals surface area contributed by atoms with Crippen molar-refractivity contribution in [1.29, 1.82) is 0 Å². The van der Waals surface area contributed by atoms with Gasteiger partial charge in [-0.25, -0.2) is 0 Å². The minimum atomic E-state index is 0.119. The standard InChI is InChI=1S/C18H24N4O/c1-13-8-14(2)22(20-13)12-18(23)21-10-16(9-19)17(11-21)15-6-4-3-5-7-15/h3-8,16-17H,9-12,19H2,1-2H3/t16-,17+/m1/s1. The van der Waals surface area contributed by atoms with Gasteiger partial charge in [-0.15, -0.1) is 0 Å². The van der Waals surface area contributed by atoms with E-state index in [0.29, 0.717) is 24.9 Å². The first-order valence-electron chi connectivity index (χ1n) is 8.12. The zero-order valence-electron chi connectivity index (χ0n) is 13.8. The number of carbonyl (C=O) groups is 1. The van der Waals surface area contributed by atoms with E-state index in [1.807, 2.05) is 43.0 Å². The van der Waals surface area contributed by atoms with Gasteiger partial charge in [-0.3, -0.25) is 9.48 Å². The van der Waals surface area contributed by atoms with Crippen molar-refractivity contribution in [3.63, 3.8) is 0 Å². The Kier molecular flexibility index (Phi) is 4.48. The van der Waals surface area contributed by atoms with E-state index in [-0.39, 0.29) is 5.91 Å². The maximum absolute atomic E-state index is 12.6. The van der Waals surface area contributed by atoms with Crippen LogP contribution in [-0.4, -0.2) is 40.2 Å². The molecule has 5 nitrogen and oxygen atoms in total. The lowest BCUT2D eigenvalue weighted by Gasteiger charge is -2.17. The number of carbonyl (C=O) groups excluding carboxylic acids is 1. The summed E-state index contributed by atoms with van der Waals surface area (Å²) in [5, 5.41) is 4.38. The van der Waals surface area contributed by atoms with Crippen molar-refractivity contribution in [3.05, 3.63) is 53.3 Å². The number of nitrogens with two attached hydrogens (primary N) is 1. The predicted octanol–water partition coefficient (Wildman–Crippen LogP) is 1.70. The molecule has 1 aliphatic rings. The van der Waals surface area contributed by atoms with Crippen molar-refractivity contribution in [3.8, 4) is 0 Å². The molecule has 2 N–H and O–H groups in total. The molecule has 0 bridgehead atoms. The molecular formula is C18H24N4O. The van der Waals surface area contributed by atoms with Crippen molar-refractivity contribution < 1.29 is 4.79 Å². The molecule has 1 aliphatic heterocycles. The highest BCUT2D eigenvalue weighted by molar-refractivity contribution is 5.76. The van der Waals surface area contributed by atoms with Crippen LogP contribution < -0.4 is 5.73 Å². The Morgan fingerprint density at radius 1 is 1.26 bits per heavy atom. The van der Waals surface area contributed by atoms with Crippen molar-refractivity contribution in [1.82, 2.24) is 14.7 Å². The molecule has 1 aromatic carbocycles. The molecule has 5 heteroatoms. The zero-order chi connectivity index (χ0) is 16.4. The highest BCUT2D eigenvalue weighted by Crippen LogP contribution is 2.32. The summed E-state index contributed by atoms with van der Waals surface area (Å²) in [7, 11) is 0. The fourth-order valence-electron chi connectivity index (χ4n) is 3.45. The number of aryl methyl sites for hydroxylation is 2. The van der Waals surface area contributed by atoms with Gasteiger partial charge in [0, 0.05) is 24.7 Å². The second kappa shape index (κ2) is 6.54. The third-order valence-electron chi connectivity index (χ3n) is 4.71. The van der Waals surface area contributed by atoms with Crippen LogP contribution in [0.15, 0.2) is 36.4 Å². The van der Waals surface area contributed by atoms with E-state index in [1.54, 1.807) is 4.68 Å². The van der Waals surface area contributed by atoms with Gasteiger partial charge in [-0.1, -0.05) is 30.3 Å². The van der Waals surface area contributed by atoms with Crippen LogP contribution in [0.5, 0.6) is 0 Å². The molecule has 0 radical (unpaired) electrons. The van der Waals surface area contributed by atoms with Crippen molar-refractivity contribution in [2.45, 2.75) is 26.3 Å². The van der Waals surface area contributed by atoms with Crippen LogP contribution in [0, 0.1) is 19.8 Å². The van der Waals surface area contributed by atoms with Crippen LogP contribution in [0.2, 0.25) is 0 Å². The van der Waals surface area contributed by atoms with Crippen LogP contribution in [0.4, 0.5) is 0 Å². The van der Waals surface area contributed by atoms with E-state index in [0.717, 1.165) is 24.5 Å². The van der Waals surface area contributed by atoms with Gasteiger partial charge in [0.2, 0.25) is 5.91 Å². The SMILES string of the molecule is Cc1cc(C)n(CC(=O)N2C[C@@H](CN)[C@H](c3ccccc3)C2)n1. The number of benzene rings is 1. The van der Waals surface area contributed by atoms with E-state index in [2.05, 4.69) is 17.2 Å². The molecule has 0 spiro atoms. The smallest absolute Gasteiger partial charge is 0.244 e. The monoisotopic (exact) mass is 312 g/mol. The van der Waals surface area contributed by atoms with Gasteiger partial charge in [0.05, 0.1) is 5.69 Å². The average molecular weight is 312 g/mol. The molecule has 0 aliphatic carbocycles. The Morgan fingerprint density at radius 3 is 2.61 bits per heavy atom. The Labute approximate surface area is 137 Å². The summed E-state index contributed by atoms with van der Waals surface area (Å²) < 4.78 is 1.78. The van der Waals surface area contributed by atoms with Crippen LogP contribution in [0.25, 0.3) is 0 Å². The lowest BCUT2D eigenvalue weighted by atomic mass is 9.89. The molecule has 1 fully saturated rings. The summed E-state index contributed by atoms with van der Waals surface area (Å²) >= 11 is 0. The first-order valence-corrected chi connectivity index (χ1v) is 8.12. The average Bonchev–Trinajstić information content (AvgIpc) is 3.11. The van der Waals surface area contributed by atoms with E-state index in [4.69, 9.17) is 5.73 Å². The Hall–Kier alpha value is -2.14. The Morgan fingerprint density at radius 2 is 2.00 bits per heavy atom. The van der Waals surface area contributed by atoms with Gasteiger partial charge < -0.3 is 10.6 Å². The number of rotatable bonds is 4. The fourth-order valence-corrected chi connectivity index (χ4v) is 3.45. The molecular weight excluding hydrogens is 288 g/mol. The minimum Gasteiger partial charge on any atom is -0.340 e. The molecule has 1 amide bonds. The lowest BCUT2D eigenvalue weighted by Crippen LogP contribution is -2.33. The highest BCUT2D eigenvalue weighted by atomic mass is 16.2. The maximum atomic E-state index is 12.6. The molecule has 2 atom stereocenters. The van der Waals surface area contributed by atoms with Gasteiger partial charge >= 0.3 is 0 Å².